The molecule has 4 aromatic rings. The first-order valence-electron chi connectivity index (χ1n) is 11.4. The van der Waals surface area contributed by atoms with Crippen LogP contribution in [-0.4, -0.2) is 53.2 Å². The molecule has 1 fully saturated rings. The Hall–Kier alpha value is -3.83. The molecule has 0 radical (unpaired) electrons. The molecule has 5 rings (SSSR count). The summed E-state index contributed by atoms with van der Waals surface area (Å²) in [5, 5.41) is 10.7. The number of aryl methyl sites for hydroxylation is 1. The first-order valence-corrected chi connectivity index (χ1v) is 11.4. The number of aromatic nitrogens is 3. The smallest absolute Gasteiger partial charge is 0.230 e. The van der Waals surface area contributed by atoms with Gasteiger partial charge in [0.05, 0.1) is 37.2 Å². The zero-order chi connectivity index (χ0) is 23.5. The lowest BCUT2D eigenvalue weighted by Gasteiger charge is -2.30. The van der Waals surface area contributed by atoms with Gasteiger partial charge < -0.3 is 19.2 Å². The zero-order valence-electron chi connectivity index (χ0n) is 19.4. The predicted molar refractivity (Wildman–Crippen MR) is 129 cm³/mol. The van der Waals surface area contributed by atoms with Crippen LogP contribution in [0.4, 0.5) is 0 Å². The van der Waals surface area contributed by atoms with Crippen LogP contribution in [0.25, 0.3) is 21.8 Å². The maximum atomic E-state index is 8.88. The minimum Gasteiger partial charge on any atom is -0.493 e. The quantitative estimate of drug-likeness (QED) is 0.397. The van der Waals surface area contributed by atoms with E-state index in [-0.39, 0.29) is 0 Å². The number of nitrogens with one attached hydrogen (secondary N) is 1. The second kappa shape index (κ2) is 9.57. The second-order valence-corrected chi connectivity index (χ2v) is 8.67. The van der Waals surface area contributed by atoms with Gasteiger partial charge in [0.2, 0.25) is 5.88 Å². The monoisotopic (exact) mass is 457 g/mol. The van der Waals surface area contributed by atoms with Gasteiger partial charge in [-0.05, 0) is 68.6 Å². The van der Waals surface area contributed by atoms with Gasteiger partial charge in [0, 0.05) is 23.2 Å². The number of nitriles is 1. The fourth-order valence-corrected chi connectivity index (χ4v) is 4.43. The van der Waals surface area contributed by atoms with E-state index in [1.54, 1.807) is 7.11 Å². The highest BCUT2D eigenvalue weighted by atomic mass is 16.5. The number of hydrogen-bond acceptors (Lipinski definition) is 7. The standard InChI is InChI=1S/C26H27N5O3/c1-17-14-28-22-4-3-19(11-20(17)22)34-26-21-12-24(32-2)25(13-23(21)29-16-30-26)33-15-18-5-8-31(9-6-18)10-7-27/h3-4,11-14,16,18,28H,5-6,8-10,15H2,1-2H3. The molecule has 0 aliphatic carbocycles. The van der Waals surface area contributed by atoms with Crippen molar-refractivity contribution in [1.29, 1.82) is 5.26 Å². The van der Waals surface area contributed by atoms with E-state index in [1.165, 1.54) is 6.33 Å². The fourth-order valence-electron chi connectivity index (χ4n) is 4.43. The van der Waals surface area contributed by atoms with Crippen LogP contribution in [0.3, 0.4) is 0 Å². The Morgan fingerprint density at radius 3 is 2.76 bits per heavy atom. The van der Waals surface area contributed by atoms with Crippen molar-refractivity contribution in [2.45, 2.75) is 19.8 Å². The summed E-state index contributed by atoms with van der Waals surface area (Å²) < 4.78 is 18.0. The number of piperidine rings is 1. The van der Waals surface area contributed by atoms with Gasteiger partial charge in [0.1, 0.15) is 12.1 Å². The van der Waals surface area contributed by atoms with Crippen LogP contribution in [0.15, 0.2) is 42.9 Å². The molecule has 1 aliphatic rings. The lowest BCUT2D eigenvalue weighted by atomic mass is 9.98. The van der Waals surface area contributed by atoms with Crippen molar-refractivity contribution in [3.63, 3.8) is 0 Å². The topological polar surface area (TPSA) is 96.3 Å². The Bertz CT molecular complexity index is 1350. The molecule has 1 N–H and O–H groups in total. The van der Waals surface area contributed by atoms with E-state index in [1.807, 2.05) is 36.5 Å². The predicted octanol–water partition coefficient (Wildman–Crippen LogP) is 4.83. The van der Waals surface area contributed by atoms with Crippen molar-refractivity contribution in [2.24, 2.45) is 5.92 Å². The maximum absolute atomic E-state index is 8.88. The number of methoxy groups -OCH3 is 1. The molecule has 0 unspecified atom stereocenters. The molecule has 0 amide bonds. The van der Waals surface area contributed by atoms with Crippen molar-refractivity contribution in [3.8, 4) is 29.2 Å². The van der Waals surface area contributed by atoms with Crippen LogP contribution in [-0.2, 0) is 0 Å². The first-order chi connectivity index (χ1) is 16.6. The molecule has 34 heavy (non-hydrogen) atoms. The van der Waals surface area contributed by atoms with Crippen molar-refractivity contribution < 1.29 is 14.2 Å². The molecule has 174 valence electrons. The molecule has 0 saturated carbocycles. The van der Waals surface area contributed by atoms with Gasteiger partial charge in [-0.3, -0.25) is 4.90 Å². The highest BCUT2D eigenvalue weighted by Crippen LogP contribution is 2.37. The zero-order valence-corrected chi connectivity index (χ0v) is 19.4. The third kappa shape index (κ3) is 4.47. The molecule has 2 aromatic heterocycles. The average molecular weight is 458 g/mol. The van der Waals surface area contributed by atoms with Gasteiger partial charge in [-0.2, -0.15) is 5.26 Å². The summed E-state index contributed by atoms with van der Waals surface area (Å²) >= 11 is 0. The Kier molecular flexibility index (Phi) is 6.19. The summed E-state index contributed by atoms with van der Waals surface area (Å²) in [6.07, 6.45) is 5.51. The SMILES string of the molecule is COc1cc2c(Oc3ccc4[nH]cc(C)c4c3)ncnc2cc1OCC1CCN(CC#N)CC1. The Morgan fingerprint density at radius 1 is 1.12 bits per heavy atom. The highest BCUT2D eigenvalue weighted by molar-refractivity contribution is 5.88. The van der Waals surface area contributed by atoms with Gasteiger partial charge in [-0.1, -0.05) is 0 Å². The van der Waals surface area contributed by atoms with E-state index in [0.717, 1.165) is 53.3 Å². The minimum absolute atomic E-state index is 0.450. The van der Waals surface area contributed by atoms with Crippen LogP contribution in [0, 0.1) is 24.2 Å². The van der Waals surface area contributed by atoms with E-state index in [4.69, 9.17) is 19.5 Å². The number of ether oxygens (including phenoxy) is 3. The molecule has 1 saturated heterocycles. The lowest BCUT2D eigenvalue weighted by Crippen LogP contribution is -2.35. The molecule has 8 nitrogen and oxygen atoms in total. The summed E-state index contributed by atoms with van der Waals surface area (Å²) in [6.45, 7) is 5.02. The number of fused-ring (bicyclic) bond motifs is 2. The summed E-state index contributed by atoms with van der Waals surface area (Å²) in [4.78, 5) is 14.2. The van der Waals surface area contributed by atoms with Gasteiger partial charge in [-0.15, -0.1) is 0 Å². The molecule has 8 heteroatoms. The van der Waals surface area contributed by atoms with Crippen LogP contribution in [0.5, 0.6) is 23.1 Å². The Balaban J connectivity index is 1.35. The molecule has 0 bridgehead atoms. The Labute approximate surface area is 198 Å². The summed E-state index contributed by atoms with van der Waals surface area (Å²) in [7, 11) is 1.63. The number of rotatable bonds is 7. The van der Waals surface area contributed by atoms with Crippen molar-refractivity contribution in [2.75, 3.05) is 33.4 Å². The molecule has 0 spiro atoms. The fraction of sp³-hybridized carbons (Fsp3) is 0.346. The van der Waals surface area contributed by atoms with Gasteiger partial charge >= 0.3 is 0 Å². The van der Waals surface area contributed by atoms with E-state index in [2.05, 4.69) is 32.8 Å². The number of nitrogens with zero attached hydrogens (tertiary/aromatic N) is 4. The van der Waals surface area contributed by atoms with Crippen molar-refractivity contribution in [1.82, 2.24) is 19.9 Å². The third-order valence-electron chi connectivity index (χ3n) is 6.43. The first kappa shape index (κ1) is 22.0. The number of hydrogen-bond donors (Lipinski definition) is 1. The van der Waals surface area contributed by atoms with Crippen LogP contribution < -0.4 is 14.2 Å². The number of likely N-dealkylation sites (tertiary alicyclic amines) is 1. The maximum Gasteiger partial charge on any atom is 0.230 e. The van der Waals surface area contributed by atoms with E-state index in [9.17, 15) is 0 Å². The van der Waals surface area contributed by atoms with E-state index < -0.39 is 0 Å². The Morgan fingerprint density at radius 2 is 1.97 bits per heavy atom. The van der Waals surface area contributed by atoms with Gasteiger partial charge in [-0.25, -0.2) is 9.97 Å². The van der Waals surface area contributed by atoms with Crippen molar-refractivity contribution in [3.05, 3.63) is 48.4 Å². The number of H-pyrrole nitrogens is 1. The highest BCUT2D eigenvalue weighted by Gasteiger charge is 2.21. The number of benzene rings is 2. The van der Waals surface area contributed by atoms with Gasteiger partial charge in [0.15, 0.2) is 11.5 Å². The van der Waals surface area contributed by atoms with Crippen molar-refractivity contribution >= 4 is 21.8 Å². The van der Waals surface area contributed by atoms with E-state index in [0.29, 0.717) is 42.2 Å². The van der Waals surface area contributed by atoms with E-state index >= 15 is 0 Å². The van der Waals surface area contributed by atoms with Gasteiger partial charge in [0.25, 0.3) is 0 Å². The molecular weight excluding hydrogens is 430 g/mol. The summed E-state index contributed by atoms with van der Waals surface area (Å²) in [5.74, 6) is 2.89. The average Bonchev–Trinajstić information content (AvgIpc) is 3.23. The molecule has 1 aliphatic heterocycles. The third-order valence-corrected chi connectivity index (χ3v) is 6.43. The normalized spacial score (nSPS) is 14.9. The molecule has 2 aromatic carbocycles. The van der Waals surface area contributed by atoms with Crippen LogP contribution >= 0.6 is 0 Å². The summed E-state index contributed by atoms with van der Waals surface area (Å²) in [6, 6.07) is 11.9. The lowest BCUT2D eigenvalue weighted by molar-refractivity contribution is 0.149. The largest absolute Gasteiger partial charge is 0.493 e. The van der Waals surface area contributed by atoms with Crippen LogP contribution in [0.2, 0.25) is 0 Å². The minimum atomic E-state index is 0.450. The molecule has 0 atom stereocenters. The molecular formula is C26H27N5O3. The molecule has 3 heterocycles. The van der Waals surface area contributed by atoms with Crippen LogP contribution in [0.1, 0.15) is 18.4 Å². The second-order valence-electron chi connectivity index (χ2n) is 8.67. The summed E-state index contributed by atoms with van der Waals surface area (Å²) in [5.41, 5.74) is 2.95. The number of aromatic amines is 1.